The lowest BCUT2D eigenvalue weighted by Gasteiger charge is -2.07. The highest BCUT2D eigenvalue weighted by Crippen LogP contribution is 2.16. The topological polar surface area (TPSA) is 51.1 Å². The Morgan fingerprint density at radius 3 is 2.45 bits per heavy atom. The summed E-state index contributed by atoms with van der Waals surface area (Å²) in [6.07, 6.45) is 1.32. The van der Waals surface area contributed by atoms with Crippen LogP contribution < -0.4 is 10.9 Å². The second-order valence-corrected chi connectivity index (χ2v) is 4.04. The van der Waals surface area contributed by atoms with Crippen LogP contribution in [0.15, 0.2) is 35.3 Å². The minimum atomic E-state index is -1.71. The number of aryl methyl sites for hydroxylation is 1. The quantitative estimate of drug-likeness (QED) is 0.857. The molecule has 104 valence electrons. The Morgan fingerprint density at radius 1 is 1.10 bits per heavy atom. The molecule has 1 aromatic heterocycles. The van der Waals surface area contributed by atoms with Gasteiger partial charge in [-0.05, 0) is 18.2 Å². The Balaban J connectivity index is 2.31. The number of amides is 1. The van der Waals surface area contributed by atoms with Crippen LogP contribution in [0.5, 0.6) is 0 Å². The van der Waals surface area contributed by atoms with Gasteiger partial charge in [0.05, 0.1) is 11.3 Å². The van der Waals surface area contributed by atoms with Crippen molar-refractivity contribution >= 4 is 11.6 Å². The third-order valence-electron chi connectivity index (χ3n) is 2.62. The van der Waals surface area contributed by atoms with Gasteiger partial charge in [-0.1, -0.05) is 0 Å². The molecule has 2 aromatic rings. The van der Waals surface area contributed by atoms with Crippen LogP contribution in [0, 0.1) is 17.5 Å². The van der Waals surface area contributed by atoms with Gasteiger partial charge in [0.25, 0.3) is 5.91 Å². The zero-order chi connectivity index (χ0) is 14.9. The summed E-state index contributed by atoms with van der Waals surface area (Å²) in [5, 5.41) is 2.29. The highest BCUT2D eigenvalue weighted by Gasteiger charge is 2.18. The molecular weight excluding hydrogens is 273 g/mol. The molecule has 1 aromatic carbocycles. The fraction of sp³-hybridized carbons (Fsp3) is 0.0769. The van der Waals surface area contributed by atoms with E-state index in [1.165, 1.54) is 29.9 Å². The summed E-state index contributed by atoms with van der Waals surface area (Å²) < 4.78 is 40.4. The molecular formula is C13H9F3N2O2. The lowest BCUT2D eigenvalue weighted by molar-refractivity contribution is 0.102. The molecule has 0 spiro atoms. The lowest BCUT2D eigenvalue weighted by atomic mass is 10.2. The highest BCUT2D eigenvalue weighted by molar-refractivity contribution is 6.04. The standard InChI is InChI=1S/C13H9F3N2O2/c1-18-6-7(2-5-10(18)19)17-13(20)8-3-4-9(14)12(16)11(8)15/h2-6H,1H3,(H,17,20). The molecule has 1 amide bonds. The van der Waals surface area contributed by atoms with Crippen molar-refractivity contribution in [3.8, 4) is 0 Å². The van der Waals surface area contributed by atoms with E-state index in [9.17, 15) is 22.8 Å². The van der Waals surface area contributed by atoms with Crippen molar-refractivity contribution < 1.29 is 18.0 Å². The van der Waals surface area contributed by atoms with Gasteiger partial charge in [-0.15, -0.1) is 0 Å². The summed E-state index contributed by atoms with van der Waals surface area (Å²) in [4.78, 5) is 22.9. The fourth-order valence-corrected chi connectivity index (χ4v) is 1.57. The van der Waals surface area contributed by atoms with Crippen molar-refractivity contribution in [1.82, 2.24) is 4.57 Å². The van der Waals surface area contributed by atoms with Crippen LogP contribution in [0.3, 0.4) is 0 Å². The Labute approximate surface area is 111 Å². The molecule has 0 aliphatic heterocycles. The molecule has 1 N–H and O–H groups in total. The van der Waals surface area contributed by atoms with Crippen molar-refractivity contribution in [2.75, 3.05) is 5.32 Å². The SMILES string of the molecule is Cn1cc(NC(=O)c2ccc(F)c(F)c2F)ccc1=O. The normalized spacial score (nSPS) is 10.4. The van der Waals surface area contributed by atoms with Gasteiger partial charge in [-0.25, -0.2) is 13.2 Å². The average Bonchev–Trinajstić information content (AvgIpc) is 2.40. The van der Waals surface area contributed by atoms with E-state index in [1.807, 2.05) is 0 Å². The molecule has 0 saturated carbocycles. The Bertz CT molecular complexity index is 741. The molecule has 0 atom stereocenters. The summed E-state index contributed by atoms with van der Waals surface area (Å²) in [6, 6.07) is 4.02. The number of nitrogens with one attached hydrogen (secondary N) is 1. The molecule has 7 heteroatoms. The van der Waals surface area contributed by atoms with Crippen LogP contribution in [-0.4, -0.2) is 10.5 Å². The minimum Gasteiger partial charge on any atom is -0.321 e. The van der Waals surface area contributed by atoms with Crippen LogP contribution in [0.25, 0.3) is 0 Å². The predicted molar refractivity (Wildman–Crippen MR) is 66.0 cm³/mol. The van der Waals surface area contributed by atoms with E-state index < -0.39 is 28.9 Å². The maximum atomic E-state index is 13.4. The first-order chi connectivity index (χ1) is 9.40. The number of carbonyl (C=O) groups is 1. The number of anilines is 1. The van der Waals surface area contributed by atoms with Gasteiger partial charge < -0.3 is 9.88 Å². The lowest BCUT2D eigenvalue weighted by Crippen LogP contribution is -2.19. The summed E-state index contributed by atoms with van der Waals surface area (Å²) in [5.41, 5.74) is -0.694. The Morgan fingerprint density at radius 2 is 1.80 bits per heavy atom. The smallest absolute Gasteiger partial charge is 0.258 e. The van der Waals surface area contributed by atoms with Gasteiger partial charge in [0.1, 0.15) is 0 Å². The summed E-state index contributed by atoms with van der Waals surface area (Å²) >= 11 is 0. The number of halogens is 3. The van der Waals surface area contributed by atoms with E-state index in [-0.39, 0.29) is 11.2 Å². The molecule has 0 aliphatic rings. The zero-order valence-electron chi connectivity index (χ0n) is 10.3. The maximum absolute atomic E-state index is 13.4. The van der Waals surface area contributed by atoms with Gasteiger partial charge in [-0.2, -0.15) is 0 Å². The molecule has 0 unspecified atom stereocenters. The van der Waals surface area contributed by atoms with Crippen molar-refractivity contribution in [3.05, 3.63) is 63.8 Å². The number of hydrogen-bond acceptors (Lipinski definition) is 2. The van der Waals surface area contributed by atoms with E-state index in [2.05, 4.69) is 5.32 Å². The van der Waals surface area contributed by atoms with E-state index in [0.29, 0.717) is 6.07 Å². The predicted octanol–water partition coefficient (Wildman–Crippen LogP) is 2.05. The molecule has 4 nitrogen and oxygen atoms in total. The van der Waals surface area contributed by atoms with Crippen molar-refractivity contribution in [1.29, 1.82) is 0 Å². The zero-order valence-corrected chi connectivity index (χ0v) is 10.3. The van der Waals surface area contributed by atoms with Crippen molar-refractivity contribution in [3.63, 3.8) is 0 Å². The highest BCUT2D eigenvalue weighted by atomic mass is 19.2. The number of nitrogens with zero attached hydrogens (tertiary/aromatic N) is 1. The number of benzene rings is 1. The number of aromatic nitrogens is 1. The molecule has 20 heavy (non-hydrogen) atoms. The molecule has 0 fully saturated rings. The fourth-order valence-electron chi connectivity index (χ4n) is 1.57. The average molecular weight is 282 g/mol. The van der Waals surface area contributed by atoms with Crippen LogP contribution in [0.2, 0.25) is 0 Å². The largest absolute Gasteiger partial charge is 0.321 e. The molecule has 2 rings (SSSR count). The van der Waals surface area contributed by atoms with E-state index >= 15 is 0 Å². The first-order valence-corrected chi connectivity index (χ1v) is 5.51. The van der Waals surface area contributed by atoms with E-state index in [0.717, 1.165) is 6.07 Å². The second kappa shape index (κ2) is 5.20. The van der Waals surface area contributed by atoms with Gasteiger partial charge in [0.2, 0.25) is 5.56 Å². The first kappa shape index (κ1) is 13.9. The third kappa shape index (κ3) is 2.56. The molecule has 0 bridgehead atoms. The van der Waals surface area contributed by atoms with Gasteiger partial charge >= 0.3 is 0 Å². The van der Waals surface area contributed by atoms with E-state index in [1.54, 1.807) is 0 Å². The van der Waals surface area contributed by atoms with Crippen molar-refractivity contribution in [2.45, 2.75) is 0 Å². The van der Waals surface area contributed by atoms with Crippen LogP contribution in [0.4, 0.5) is 18.9 Å². The van der Waals surface area contributed by atoms with Crippen LogP contribution in [-0.2, 0) is 7.05 Å². The Kier molecular flexibility index (Phi) is 3.60. The first-order valence-electron chi connectivity index (χ1n) is 5.51. The van der Waals surface area contributed by atoms with Gasteiger partial charge in [0.15, 0.2) is 17.5 Å². The summed E-state index contributed by atoms with van der Waals surface area (Å²) in [6.45, 7) is 0. The molecule has 0 radical (unpaired) electrons. The number of rotatable bonds is 2. The molecule has 1 heterocycles. The molecule has 0 saturated heterocycles. The number of carbonyl (C=O) groups excluding carboxylic acids is 1. The summed E-state index contributed by atoms with van der Waals surface area (Å²) in [5.74, 6) is -5.59. The number of hydrogen-bond donors (Lipinski definition) is 1. The minimum absolute atomic E-state index is 0.223. The van der Waals surface area contributed by atoms with E-state index in [4.69, 9.17) is 0 Å². The van der Waals surface area contributed by atoms with Crippen LogP contribution in [0.1, 0.15) is 10.4 Å². The monoisotopic (exact) mass is 282 g/mol. The third-order valence-corrected chi connectivity index (χ3v) is 2.62. The summed E-state index contributed by atoms with van der Waals surface area (Å²) in [7, 11) is 1.47. The maximum Gasteiger partial charge on any atom is 0.258 e. The van der Waals surface area contributed by atoms with Gasteiger partial charge in [-0.3, -0.25) is 9.59 Å². The molecule has 0 aliphatic carbocycles. The van der Waals surface area contributed by atoms with Crippen LogP contribution >= 0.6 is 0 Å². The second-order valence-electron chi connectivity index (χ2n) is 4.04. The van der Waals surface area contributed by atoms with Gasteiger partial charge in [0, 0.05) is 19.3 Å². The number of pyridine rings is 1. The Hall–Kier alpha value is -2.57. The van der Waals surface area contributed by atoms with Crippen molar-refractivity contribution in [2.24, 2.45) is 7.05 Å².